The Bertz CT molecular complexity index is 522. The molecule has 21 heavy (non-hydrogen) atoms. The first-order chi connectivity index (χ1) is 9.88. The fraction of sp³-hybridized carbons (Fsp3) is 0.667. The number of rotatable bonds is 9. The number of Topliss-reactive ketones (excluding diaryl/α,β-unsaturated/α-hetero) is 1. The zero-order valence-electron chi connectivity index (χ0n) is 13.5. The van der Waals surface area contributed by atoms with Gasteiger partial charge in [0.2, 0.25) is 0 Å². The Kier molecular flexibility index (Phi) is 6.85. The van der Waals surface area contributed by atoms with Crippen molar-refractivity contribution in [3.05, 3.63) is 22.6 Å². The first-order valence-corrected chi connectivity index (χ1v) is 9.11. The third-order valence-corrected chi connectivity index (χ3v) is 5.15. The smallest absolute Gasteiger partial charge is 0.335 e. The molecule has 0 aliphatic heterocycles. The molecular weight excluding hydrogens is 291 g/mol. The molecule has 1 aromatic rings. The molecule has 120 valence electrons. The highest BCUT2D eigenvalue weighted by molar-refractivity contribution is 7.53. The second kappa shape index (κ2) is 7.92. The number of furan rings is 1. The number of hydrogen-bond acceptors (Lipinski definition) is 5. The van der Waals surface area contributed by atoms with Crippen molar-refractivity contribution in [1.82, 2.24) is 0 Å². The molecule has 0 fully saturated rings. The van der Waals surface area contributed by atoms with Gasteiger partial charge in [0.25, 0.3) is 0 Å². The van der Waals surface area contributed by atoms with E-state index < -0.39 is 7.60 Å². The summed E-state index contributed by atoms with van der Waals surface area (Å²) in [5, 5.41) is 0. The highest BCUT2D eigenvalue weighted by Crippen LogP contribution is 2.52. The zero-order chi connectivity index (χ0) is 16.0. The van der Waals surface area contributed by atoms with Crippen molar-refractivity contribution in [3.8, 4) is 0 Å². The van der Waals surface area contributed by atoms with Crippen LogP contribution >= 0.6 is 7.60 Å². The third kappa shape index (κ3) is 4.53. The SMILES string of the molecule is CCCC(=O)c1c(C)oc(C)c1CP(=O)(OCC)OCC. The van der Waals surface area contributed by atoms with Gasteiger partial charge in [-0.2, -0.15) is 0 Å². The topological polar surface area (TPSA) is 65.7 Å². The van der Waals surface area contributed by atoms with E-state index in [1.165, 1.54) is 0 Å². The summed E-state index contributed by atoms with van der Waals surface area (Å²) in [6.45, 7) is 9.60. The zero-order valence-corrected chi connectivity index (χ0v) is 14.4. The van der Waals surface area contributed by atoms with Crippen LogP contribution in [-0.2, 0) is 19.8 Å². The van der Waals surface area contributed by atoms with Crippen molar-refractivity contribution in [3.63, 3.8) is 0 Å². The van der Waals surface area contributed by atoms with Gasteiger partial charge in [-0.25, -0.2) is 0 Å². The highest BCUT2D eigenvalue weighted by Gasteiger charge is 2.30. The minimum atomic E-state index is -3.25. The monoisotopic (exact) mass is 316 g/mol. The predicted octanol–water partition coefficient (Wildman–Crippen LogP) is 4.65. The van der Waals surface area contributed by atoms with E-state index in [0.717, 1.165) is 6.42 Å². The lowest BCUT2D eigenvalue weighted by atomic mass is 10.0. The van der Waals surface area contributed by atoms with Gasteiger partial charge in [-0.1, -0.05) is 6.92 Å². The fourth-order valence-electron chi connectivity index (χ4n) is 2.35. The van der Waals surface area contributed by atoms with Crippen LogP contribution in [0, 0.1) is 13.8 Å². The average molecular weight is 316 g/mol. The van der Waals surface area contributed by atoms with Crippen LogP contribution in [0.4, 0.5) is 0 Å². The molecule has 0 unspecified atom stereocenters. The molecule has 6 heteroatoms. The van der Waals surface area contributed by atoms with Crippen molar-refractivity contribution in [1.29, 1.82) is 0 Å². The van der Waals surface area contributed by atoms with Gasteiger partial charge < -0.3 is 13.5 Å². The standard InChI is InChI=1S/C15H25O5P/c1-6-9-14(16)15-12(5)20-11(4)13(15)10-21(17,18-7-2)19-8-3/h6-10H2,1-5H3. The minimum Gasteiger partial charge on any atom is -0.466 e. The van der Waals surface area contributed by atoms with E-state index >= 15 is 0 Å². The maximum atomic E-state index is 12.7. The van der Waals surface area contributed by atoms with Crippen molar-refractivity contribution in [2.75, 3.05) is 13.2 Å². The number of hydrogen-bond donors (Lipinski definition) is 0. The summed E-state index contributed by atoms with van der Waals surface area (Å²) in [5.74, 6) is 1.19. The molecule has 0 spiro atoms. The Hall–Kier alpha value is -0.900. The van der Waals surface area contributed by atoms with Gasteiger partial charge in [-0.3, -0.25) is 9.36 Å². The second-order valence-corrected chi connectivity index (χ2v) is 6.90. The van der Waals surface area contributed by atoms with Crippen molar-refractivity contribution >= 4 is 13.4 Å². The van der Waals surface area contributed by atoms with Crippen LogP contribution in [0.3, 0.4) is 0 Å². The summed E-state index contributed by atoms with van der Waals surface area (Å²) < 4.78 is 28.9. The Morgan fingerprint density at radius 1 is 1.10 bits per heavy atom. The number of aryl methyl sites for hydroxylation is 2. The quantitative estimate of drug-likeness (QED) is 0.490. The van der Waals surface area contributed by atoms with Crippen molar-refractivity contribution < 1.29 is 22.8 Å². The molecule has 0 bridgehead atoms. The van der Waals surface area contributed by atoms with Crippen LogP contribution in [0.15, 0.2) is 4.42 Å². The highest BCUT2D eigenvalue weighted by atomic mass is 31.2. The molecule has 0 atom stereocenters. The average Bonchev–Trinajstić information content (AvgIpc) is 2.64. The lowest BCUT2D eigenvalue weighted by Gasteiger charge is -2.17. The second-order valence-electron chi connectivity index (χ2n) is 4.85. The van der Waals surface area contributed by atoms with E-state index in [9.17, 15) is 9.36 Å². The first-order valence-electron chi connectivity index (χ1n) is 7.38. The maximum absolute atomic E-state index is 12.7. The molecule has 1 heterocycles. The van der Waals surface area contributed by atoms with E-state index in [2.05, 4.69) is 0 Å². The molecule has 0 aliphatic rings. The van der Waals surface area contributed by atoms with Crippen molar-refractivity contribution in [2.24, 2.45) is 0 Å². The number of carbonyl (C=O) groups is 1. The minimum absolute atomic E-state index is 0.0152. The Labute approximate surface area is 126 Å². The molecular formula is C15H25O5P. The van der Waals surface area contributed by atoms with Crippen LogP contribution < -0.4 is 0 Å². The Balaban J connectivity index is 3.17. The summed E-state index contributed by atoms with van der Waals surface area (Å²) in [4.78, 5) is 12.3. The summed E-state index contributed by atoms with van der Waals surface area (Å²) in [5.41, 5.74) is 1.19. The molecule has 5 nitrogen and oxygen atoms in total. The van der Waals surface area contributed by atoms with Crippen LogP contribution in [0.2, 0.25) is 0 Å². The van der Waals surface area contributed by atoms with E-state index in [1.54, 1.807) is 27.7 Å². The third-order valence-electron chi connectivity index (χ3n) is 3.14. The van der Waals surface area contributed by atoms with E-state index in [4.69, 9.17) is 13.5 Å². The van der Waals surface area contributed by atoms with Crippen LogP contribution in [0.1, 0.15) is 61.1 Å². The molecule has 0 N–H and O–H groups in total. The first kappa shape index (κ1) is 18.1. The van der Waals surface area contributed by atoms with Crippen LogP contribution in [0.25, 0.3) is 0 Å². The fourth-order valence-corrected chi connectivity index (χ4v) is 4.17. The van der Waals surface area contributed by atoms with Crippen LogP contribution in [0.5, 0.6) is 0 Å². The number of carbonyl (C=O) groups excluding carboxylic acids is 1. The summed E-state index contributed by atoms with van der Waals surface area (Å²) in [6, 6.07) is 0. The number of ketones is 1. The molecule has 0 amide bonds. The molecule has 0 radical (unpaired) electrons. The molecule has 1 aromatic heterocycles. The molecule has 0 saturated heterocycles. The Morgan fingerprint density at radius 3 is 2.14 bits per heavy atom. The maximum Gasteiger partial charge on any atom is 0.335 e. The van der Waals surface area contributed by atoms with Gasteiger partial charge in [0, 0.05) is 12.0 Å². The largest absolute Gasteiger partial charge is 0.466 e. The van der Waals surface area contributed by atoms with Crippen molar-refractivity contribution in [2.45, 2.75) is 53.6 Å². The molecule has 0 saturated carbocycles. The summed E-state index contributed by atoms with van der Waals surface area (Å²) >= 11 is 0. The normalized spacial score (nSPS) is 11.9. The van der Waals surface area contributed by atoms with Gasteiger partial charge in [0.15, 0.2) is 5.78 Å². The molecule has 1 rings (SSSR count). The summed E-state index contributed by atoms with van der Waals surface area (Å²) in [7, 11) is -3.25. The van der Waals surface area contributed by atoms with E-state index in [0.29, 0.717) is 42.3 Å². The molecule has 0 aliphatic carbocycles. The van der Waals surface area contributed by atoms with E-state index in [1.807, 2.05) is 6.92 Å². The lowest BCUT2D eigenvalue weighted by Crippen LogP contribution is -2.06. The lowest BCUT2D eigenvalue weighted by molar-refractivity contribution is 0.0979. The Morgan fingerprint density at radius 2 is 1.67 bits per heavy atom. The molecule has 0 aromatic carbocycles. The van der Waals surface area contributed by atoms with Gasteiger partial charge in [0.1, 0.15) is 11.5 Å². The predicted molar refractivity (Wildman–Crippen MR) is 82.0 cm³/mol. The van der Waals surface area contributed by atoms with Gasteiger partial charge in [-0.15, -0.1) is 0 Å². The summed E-state index contributed by atoms with van der Waals surface area (Å²) in [6.07, 6.45) is 1.28. The van der Waals surface area contributed by atoms with Crippen LogP contribution in [-0.4, -0.2) is 19.0 Å². The van der Waals surface area contributed by atoms with Gasteiger partial charge in [0.05, 0.1) is 24.9 Å². The van der Waals surface area contributed by atoms with Gasteiger partial charge >= 0.3 is 7.60 Å². The van der Waals surface area contributed by atoms with E-state index in [-0.39, 0.29) is 11.9 Å². The van der Waals surface area contributed by atoms with Gasteiger partial charge in [-0.05, 0) is 34.1 Å².